The highest BCUT2D eigenvalue weighted by Gasteiger charge is 2.52. The van der Waals surface area contributed by atoms with Crippen LogP contribution in [0.5, 0.6) is 0 Å². The van der Waals surface area contributed by atoms with Gasteiger partial charge in [-0.25, -0.2) is 8.60 Å². The Bertz CT molecular complexity index is 1060. The molecule has 4 rings (SSSR count). The van der Waals surface area contributed by atoms with Crippen molar-refractivity contribution in [2.24, 2.45) is 7.05 Å². The minimum absolute atomic E-state index is 0.142. The molecule has 1 aliphatic heterocycles. The Hall–Kier alpha value is -2.41. The Kier molecular flexibility index (Phi) is 6.22. The van der Waals surface area contributed by atoms with Crippen LogP contribution < -0.4 is 14.8 Å². The molecule has 0 saturated heterocycles. The predicted octanol–water partition coefficient (Wildman–Crippen LogP) is 4.86. The third-order valence-electron chi connectivity index (χ3n) is 5.65. The van der Waals surface area contributed by atoms with E-state index in [1.165, 1.54) is 10.6 Å². The summed E-state index contributed by atoms with van der Waals surface area (Å²) in [7, 11) is 0.381. The van der Waals surface area contributed by atoms with Crippen LogP contribution in [0.2, 0.25) is 0 Å². The van der Waals surface area contributed by atoms with Crippen molar-refractivity contribution < 1.29 is 8.60 Å². The highest BCUT2D eigenvalue weighted by molar-refractivity contribution is 7.88. The van der Waals surface area contributed by atoms with E-state index in [4.69, 9.17) is 0 Å². The zero-order chi connectivity index (χ0) is 22.2. The second kappa shape index (κ2) is 8.38. The number of rotatable bonds is 5. The molecule has 0 bridgehead atoms. The molecule has 5 nitrogen and oxygen atoms in total. The molecular formula is C23H30FN3O2S. The predicted molar refractivity (Wildman–Crippen MR) is 123 cm³/mol. The first kappa shape index (κ1) is 22.3. The molecule has 1 saturated carbocycles. The third-order valence-corrected chi connectivity index (χ3v) is 7.68. The van der Waals surface area contributed by atoms with Crippen molar-refractivity contribution in [1.29, 1.82) is 0 Å². The van der Waals surface area contributed by atoms with Crippen LogP contribution in [0.4, 0.5) is 21.5 Å². The van der Waals surface area contributed by atoms with Gasteiger partial charge in [-0.05, 0) is 50.8 Å². The summed E-state index contributed by atoms with van der Waals surface area (Å²) in [5.41, 5.74) is 2.92. The number of anilines is 3. The molecule has 1 unspecified atom stereocenters. The number of fused-ring (bicyclic) bond motifs is 1. The molecule has 1 aromatic heterocycles. The van der Waals surface area contributed by atoms with Gasteiger partial charge in [0.05, 0.1) is 21.8 Å². The summed E-state index contributed by atoms with van der Waals surface area (Å²) in [5, 5.41) is 0. The number of aryl methyl sites for hydroxylation is 2. The largest absolute Gasteiger partial charge is 0.317 e. The van der Waals surface area contributed by atoms with Crippen molar-refractivity contribution in [3.05, 3.63) is 64.3 Å². The molecule has 1 atom stereocenters. The highest BCUT2D eigenvalue weighted by Crippen LogP contribution is 2.51. The van der Waals surface area contributed by atoms with Crippen LogP contribution in [0.3, 0.4) is 0 Å². The molecule has 30 heavy (non-hydrogen) atoms. The Balaban J connectivity index is 0.00000124. The Morgan fingerprint density at radius 3 is 2.47 bits per heavy atom. The van der Waals surface area contributed by atoms with Crippen molar-refractivity contribution in [3.8, 4) is 0 Å². The van der Waals surface area contributed by atoms with E-state index in [2.05, 4.69) is 6.58 Å². The highest BCUT2D eigenvalue weighted by atomic mass is 32.2. The van der Waals surface area contributed by atoms with Crippen LogP contribution in [-0.4, -0.2) is 20.2 Å². The van der Waals surface area contributed by atoms with Crippen molar-refractivity contribution in [3.63, 3.8) is 0 Å². The fourth-order valence-electron chi connectivity index (χ4n) is 3.92. The molecule has 2 heterocycles. The maximum atomic E-state index is 14.8. The fourth-order valence-corrected chi connectivity index (χ4v) is 5.63. The van der Waals surface area contributed by atoms with E-state index in [0.717, 1.165) is 18.4 Å². The lowest BCUT2D eigenvalue weighted by Gasteiger charge is -2.25. The molecule has 1 fully saturated rings. The van der Waals surface area contributed by atoms with Gasteiger partial charge in [0.25, 0.3) is 5.56 Å². The maximum absolute atomic E-state index is 14.8. The summed E-state index contributed by atoms with van der Waals surface area (Å²) in [6.07, 6.45) is 5.95. The van der Waals surface area contributed by atoms with Gasteiger partial charge in [-0.2, -0.15) is 0 Å². The van der Waals surface area contributed by atoms with Crippen LogP contribution in [0.15, 0.2) is 41.8 Å². The van der Waals surface area contributed by atoms with Crippen molar-refractivity contribution in [1.82, 2.24) is 4.57 Å². The van der Waals surface area contributed by atoms with Crippen molar-refractivity contribution in [2.45, 2.75) is 51.7 Å². The second-order valence-corrected chi connectivity index (χ2v) is 9.54. The molecule has 1 aliphatic carbocycles. The van der Waals surface area contributed by atoms with Crippen LogP contribution in [0.25, 0.3) is 0 Å². The standard InChI is InChI=1S/C21H24FN3O2S.C2H6/c1-5-8-21(9-10-21)28(27)25-13-24(17-7-6-14(2)11-16(17)22)19-15(3)20(26)23(4)12-18(19)25;1-2/h5-7,11-12H,1,8-10,13H2,2-4H3;1-2H3. The van der Waals surface area contributed by atoms with Gasteiger partial charge in [-0.1, -0.05) is 26.0 Å². The first-order chi connectivity index (χ1) is 14.3. The number of aromatic nitrogens is 1. The van der Waals surface area contributed by atoms with Crippen LogP contribution in [-0.2, 0) is 18.0 Å². The summed E-state index contributed by atoms with van der Waals surface area (Å²) in [6, 6.07) is 5.04. The van der Waals surface area contributed by atoms with Gasteiger partial charge in [0.2, 0.25) is 0 Å². The topological polar surface area (TPSA) is 45.6 Å². The first-order valence-electron chi connectivity index (χ1n) is 10.3. The summed E-state index contributed by atoms with van der Waals surface area (Å²) in [4.78, 5) is 14.3. The van der Waals surface area contributed by atoms with Gasteiger partial charge in [0.15, 0.2) is 0 Å². The number of benzene rings is 1. The minimum atomic E-state index is -1.30. The smallest absolute Gasteiger partial charge is 0.255 e. The van der Waals surface area contributed by atoms with E-state index in [0.29, 0.717) is 29.0 Å². The van der Waals surface area contributed by atoms with E-state index in [1.807, 2.05) is 32.9 Å². The summed E-state index contributed by atoms with van der Waals surface area (Å²) >= 11 is 0. The van der Waals surface area contributed by atoms with E-state index < -0.39 is 11.0 Å². The molecule has 2 aromatic rings. The van der Waals surface area contributed by atoms with Gasteiger partial charge in [-0.3, -0.25) is 9.10 Å². The normalized spacial score (nSPS) is 17.1. The van der Waals surface area contributed by atoms with Crippen LogP contribution in [0, 0.1) is 19.7 Å². The lowest BCUT2D eigenvalue weighted by atomic mass is 10.1. The molecular weight excluding hydrogens is 401 g/mol. The fraction of sp³-hybridized carbons (Fsp3) is 0.435. The molecule has 2 aliphatic rings. The van der Waals surface area contributed by atoms with Crippen LogP contribution >= 0.6 is 0 Å². The molecule has 0 N–H and O–H groups in total. The Labute approximate surface area is 180 Å². The van der Waals surface area contributed by atoms with Gasteiger partial charge >= 0.3 is 0 Å². The maximum Gasteiger partial charge on any atom is 0.255 e. The minimum Gasteiger partial charge on any atom is -0.317 e. The van der Waals surface area contributed by atoms with Gasteiger partial charge in [0, 0.05) is 18.8 Å². The zero-order valence-electron chi connectivity index (χ0n) is 18.4. The number of allylic oxidation sites excluding steroid dienone is 1. The molecule has 1 aromatic carbocycles. The zero-order valence-corrected chi connectivity index (χ0v) is 19.2. The number of pyridine rings is 1. The number of halogens is 1. The number of nitrogens with zero attached hydrogens (tertiary/aromatic N) is 3. The lowest BCUT2D eigenvalue weighted by molar-refractivity contribution is 0.624. The monoisotopic (exact) mass is 431 g/mol. The Morgan fingerprint density at radius 2 is 1.90 bits per heavy atom. The SMILES string of the molecule is C=CCC1(S(=O)N2CN(c3ccc(C)cc3F)c3c2cn(C)c(=O)c3C)CC1.CC. The van der Waals surface area contributed by atoms with E-state index in [9.17, 15) is 13.4 Å². The third kappa shape index (κ3) is 3.60. The number of hydrogen-bond donors (Lipinski definition) is 0. The molecule has 0 radical (unpaired) electrons. The summed E-state index contributed by atoms with van der Waals surface area (Å²) in [5.74, 6) is -0.356. The molecule has 0 amide bonds. The van der Waals surface area contributed by atoms with Gasteiger partial charge < -0.3 is 9.47 Å². The van der Waals surface area contributed by atoms with Gasteiger partial charge in [-0.15, -0.1) is 6.58 Å². The van der Waals surface area contributed by atoms with Crippen molar-refractivity contribution >= 4 is 28.0 Å². The van der Waals surface area contributed by atoms with E-state index in [1.54, 1.807) is 35.4 Å². The molecule has 7 heteroatoms. The lowest BCUT2D eigenvalue weighted by Crippen LogP contribution is -2.36. The van der Waals surface area contributed by atoms with E-state index >= 15 is 0 Å². The first-order valence-corrected chi connectivity index (χ1v) is 11.4. The number of hydrogen-bond acceptors (Lipinski definition) is 3. The Morgan fingerprint density at radius 1 is 1.23 bits per heavy atom. The molecule has 162 valence electrons. The van der Waals surface area contributed by atoms with Crippen molar-refractivity contribution in [2.75, 3.05) is 15.9 Å². The van der Waals surface area contributed by atoms with Crippen LogP contribution in [0.1, 0.15) is 44.2 Å². The van der Waals surface area contributed by atoms with Gasteiger partial charge in [0.1, 0.15) is 23.5 Å². The average Bonchev–Trinajstić information content (AvgIpc) is 3.41. The molecule has 0 spiro atoms. The second-order valence-electron chi connectivity index (χ2n) is 7.73. The average molecular weight is 432 g/mol. The quantitative estimate of drug-likeness (QED) is 0.636. The van der Waals surface area contributed by atoms with E-state index in [-0.39, 0.29) is 22.8 Å². The summed E-state index contributed by atoms with van der Waals surface area (Å²) in [6.45, 7) is 11.6. The summed E-state index contributed by atoms with van der Waals surface area (Å²) < 4.78 is 31.3.